The fourth-order valence-electron chi connectivity index (χ4n) is 1.71. The van der Waals surface area contributed by atoms with Gasteiger partial charge >= 0.3 is 6.01 Å². The van der Waals surface area contributed by atoms with Crippen LogP contribution in [0.3, 0.4) is 0 Å². The molecular weight excluding hydrogens is 246 g/mol. The van der Waals surface area contributed by atoms with E-state index in [1.165, 1.54) is 4.68 Å². The van der Waals surface area contributed by atoms with Crippen LogP contribution < -0.4 is 11.1 Å². The number of hydrogen-bond donors (Lipinski definition) is 2. The minimum Gasteiger partial charge on any atom is -0.422 e. The average molecular weight is 257 g/mol. The smallest absolute Gasteiger partial charge is 0.323 e. The van der Waals surface area contributed by atoms with Crippen LogP contribution in [-0.4, -0.2) is 27.7 Å². The van der Waals surface area contributed by atoms with Gasteiger partial charge in [-0.25, -0.2) is 0 Å². The third-order valence-corrected chi connectivity index (χ3v) is 2.65. The fourth-order valence-corrected chi connectivity index (χ4v) is 1.71. The third-order valence-electron chi connectivity index (χ3n) is 2.65. The van der Waals surface area contributed by atoms with Gasteiger partial charge in [-0.2, -0.15) is 14.8 Å². The number of nitrogens with one attached hydrogen (secondary N) is 1. The molecule has 1 amide bonds. The van der Waals surface area contributed by atoms with Crippen LogP contribution in [0.4, 0.5) is 5.69 Å². The molecule has 96 valence electrons. The molecule has 2 aromatic heterocycles. The fraction of sp³-hybridized carbons (Fsp3) is 0.0833. The first-order valence-electron chi connectivity index (χ1n) is 5.61. The largest absolute Gasteiger partial charge is 0.422 e. The van der Waals surface area contributed by atoms with E-state index in [1.807, 2.05) is 0 Å². The van der Waals surface area contributed by atoms with Crippen LogP contribution in [-0.2, 0) is 0 Å². The second-order valence-electron chi connectivity index (χ2n) is 3.95. The van der Waals surface area contributed by atoms with Gasteiger partial charge in [0.15, 0.2) is 11.3 Å². The number of anilines is 1. The molecule has 7 nitrogen and oxygen atoms in total. The van der Waals surface area contributed by atoms with Crippen molar-refractivity contribution in [1.82, 2.24) is 20.1 Å². The second kappa shape index (κ2) is 4.13. The Labute approximate surface area is 108 Å². The molecule has 2 heterocycles. The first-order chi connectivity index (χ1) is 9.17. The average Bonchev–Trinajstić information content (AvgIpc) is 3.03. The molecule has 0 unspecified atom stereocenters. The van der Waals surface area contributed by atoms with Gasteiger partial charge in [0.05, 0.1) is 0 Å². The summed E-state index contributed by atoms with van der Waals surface area (Å²) in [4.78, 5) is 15.7. The number of fused-ring (bicyclic) bond motifs is 1. The summed E-state index contributed by atoms with van der Waals surface area (Å²) in [5, 5.41) is 6.58. The molecule has 3 rings (SSSR count). The lowest BCUT2D eigenvalue weighted by Crippen LogP contribution is -2.18. The van der Waals surface area contributed by atoms with Gasteiger partial charge in [-0.05, 0) is 18.2 Å². The maximum Gasteiger partial charge on any atom is 0.323 e. The van der Waals surface area contributed by atoms with E-state index in [9.17, 15) is 4.79 Å². The minimum absolute atomic E-state index is 0.265. The number of nitrogens with two attached hydrogens (primary N) is 1. The van der Waals surface area contributed by atoms with Crippen molar-refractivity contribution in [3.05, 3.63) is 36.2 Å². The second-order valence-corrected chi connectivity index (χ2v) is 3.95. The summed E-state index contributed by atoms with van der Waals surface area (Å²) in [6, 6.07) is 7.07. The first kappa shape index (κ1) is 11.3. The number of oxazole rings is 1. The lowest BCUT2D eigenvalue weighted by atomic mass is 10.3. The normalized spacial score (nSPS) is 10.8. The maximum atomic E-state index is 11.4. The number of benzene rings is 1. The zero-order valence-electron chi connectivity index (χ0n) is 10.1. The molecule has 0 saturated heterocycles. The van der Waals surface area contributed by atoms with Crippen LogP contribution in [0, 0.1) is 0 Å². The summed E-state index contributed by atoms with van der Waals surface area (Å²) in [7, 11) is 1.55. The summed E-state index contributed by atoms with van der Waals surface area (Å²) < 4.78 is 6.94. The number of carbonyl (C=O) groups excluding carboxylic acids is 1. The molecule has 3 aromatic rings. The molecule has 0 aliphatic carbocycles. The van der Waals surface area contributed by atoms with E-state index in [0.29, 0.717) is 22.5 Å². The van der Waals surface area contributed by atoms with Gasteiger partial charge in [-0.3, -0.25) is 4.79 Å². The highest BCUT2D eigenvalue weighted by Crippen LogP contribution is 2.20. The van der Waals surface area contributed by atoms with Crippen molar-refractivity contribution >= 4 is 22.7 Å². The lowest BCUT2D eigenvalue weighted by molar-refractivity contribution is 0.0957. The predicted octanol–water partition coefficient (Wildman–Crippen LogP) is 0.955. The molecule has 1 aromatic carbocycles. The van der Waals surface area contributed by atoms with Gasteiger partial charge < -0.3 is 15.5 Å². The van der Waals surface area contributed by atoms with Crippen LogP contribution in [0.1, 0.15) is 10.5 Å². The maximum absolute atomic E-state index is 11.4. The standard InChI is InChI=1S/C12H11N5O2/c1-14-11(18)9-4-5-17(16-9)12-15-8-3-2-7(13)6-10(8)19-12/h2-6H,13H2,1H3,(H,14,18). The summed E-state index contributed by atoms with van der Waals surface area (Å²) in [6.45, 7) is 0. The Kier molecular flexibility index (Phi) is 2.45. The van der Waals surface area contributed by atoms with Gasteiger partial charge in [0.1, 0.15) is 5.52 Å². The summed E-state index contributed by atoms with van der Waals surface area (Å²) >= 11 is 0. The molecule has 0 bridgehead atoms. The number of nitrogen functional groups attached to an aromatic ring is 1. The topological polar surface area (TPSA) is 99.0 Å². The van der Waals surface area contributed by atoms with E-state index < -0.39 is 0 Å². The van der Waals surface area contributed by atoms with Crippen LogP contribution in [0.25, 0.3) is 17.1 Å². The predicted molar refractivity (Wildman–Crippen MR) is 68.9 cm³/mol. The van der Waals surface area contributed by atoms with Gasteiger partial charge in [0.25, 0.3) is 5.91 Å². The van der Waals surface area contributed by atoms with E-state index in [0.717, 1.165) is 0 Å². The van der Waals surface area contributed by atoms with Crippen molar-refractivity contribution in [2.45, 2.75) is 0 Å². The Morgan fingerprint density at radius 2 is 2.26 bits per heavy atom. The van der Waals surface area contributed by atoms with E-state index in [4.69, 9.17) is 10.2 Å². The number of aromatic nitrogens is 3. The summed E-state index contributed by atoms with van der Waals surface area (Å²) in [6.07, 6.45) is 1.61. The molecule has 0 aliphatic heterocycles. The monoisotopic (exact) mass is 257 g/mol. The van der Waals surface area contributed by atoms with Crippen molar-refractivity contribution in [1.29, 1.82) is 0 Å². The minimum atomic E-state index is -0.265. The molecule has 19 heavy (non-hydrogen) atoms. The third kappa shape index (κ3) is 1.90. The zero-order chi connectivity index (χ0) is 13.4. The van der Waals surface area contributed by atoms with Gasteiger partial charge in [-0.1, -0.05) is 0 Å². The molecule has 0 aliphatic rings. The van der Waals surface area contributed by atoms with Crippen molar-refractivity contribution in [2.75, 3.05) is 12.8 Å². The molecule has 0 saturated carbocycles. The van der Waals surface area contributed by atoms with Crippen LogP contribution >= 0.6 is 0 Å². The molecule has 0 atom stereocenters. The molecule has 0 fully saturated rings. The molecule has 0 radical (unpaired) electrons. The molecule has 3 N–H and O–H groups in total. The van der Waals surface area contributed by atoms with Crippen molar-refractivity contribution in [3.63, 3.8) is 0 Å². The van der Waals surface area contributed by atoms with Gasteiger partial charge in [0.2, 0.25) is 0 Å². The Bertz CT molecular complexity index is 758. The molecule has 0 spiro atoms. The van der Waals surface area contributed by atoms with E-state index in [1.54, 1.807) is 37.5 Å². The SMILES string of the molecule is CNC(=O)c1ccn(-c2nc3ccc(N)cc3o2)n1. The van der Waals surface area contributed by atoms with Gasteiger partial charge in [-0.15, -0.1) is 0 Å². The summed E-state index contributed by atoms with van der Waals surface area (Å²) in [5.74, 6) is -0.265. The van der Waals surface area contributed by atoms with E-state index in [2.05, 4.69) is 15.4 Å². The number of nitrogens with zero attached hydrogens (tertiary/aromatic N) is 3. The van der Waals surface area contributed by atoms with Crippen LogP contribution in [0.2, 0.25) is 0 Å². The van der Waals surface area contributed by atoms with Crippen LogP contribution in [0.5, 0.6) is 0 Å². The Hall–Kier alpha value is -2.83. The highest BCUT2D eigenvalue weighted by Gasteiger charge is 2.12. The molecule has 7 heteroatoms. The Morgan fingerprint density at radius 1 is 1.42 bits per heavy atom. The number of carbonyl (C=O) groups is 1. The van der Waals surface area contributed by atoms with Crippen LogP contribution in [0.15, 0.2) is 34.9 Å². The number of hydrogen-bond acceptors (Lipinski definition) is 5. The summed E-state index contributed by atoms with van der Waals surface area (Å²) in [5.41, 5.74) is 7.82. The highest BCUT2D eigenvalue weighted by molar-refractivity contribution is 5.91. The van der Waals surface area contributed by atoms with Gasteiger partial charge in [0, 0.05) is 25.0 Å². The van der Waals surface area contributed by atoms with Crippen molar-refractivity contribution < 1.29 is 9.21 Å². The highest BCUT2D eigenvalue weighted by atomic mass is 16.4. The first-order valence-corrected chi connectivity index (χ1v) is 5.61. The van der Waals surface area contributed by atoms with E-state index in [-0.39, 0.29) is 11.9 Å². The Morgan fingerprint density at radius 3 is 3.05 bits per heavy atom. The number of amides is 1. The molecular formula is C12H11N5O2. The number of rotatable bonds is 2. The zero-order valence-corrected chi connectivity index (χ0v) is 10.1. The van der Waals surface area contributed by atoms with Crippen molar-refractivity contribution in [2.24, 2.45) is 0 Å². The lowest BCUT2D eigenvalue weighted by Gasteiger charge is -1.93. The quantitative estimate of drug-likeness (QED) is 0.666. The van der Waals surface area contributed by atoms with Crippen molar-refractivity contribution in [3.8, 4) is 6.01 Å². The Balaban J connectivity index is 2.04. The van der Waals surface area contributed by atoms with E-state index >= 15 is 0 Å².